The van der Waals surface area contributed by atoms with Crippen LogP contribution < -0.4 is 9.47 Å². The van der Waals surface area contributed by atoms with E-state index in [4.69, 9.17) is 9.47 Å². The number of hydrogen-bond acceptors (Lipinski definition) is 4. The van der Waals surface area contributed by atoms with E-state index in [1.54, 1.807) is 11.3 Å². The van der Waals surface area contributed by atoms with Crippen LogP contribution in [0.15, 0.2) is 78.9 Å². The normalized spacial score (nSPS) is 13.2. The second-order valence-electron chi connectivity index (χ2n) is 7.47. The molecule has 4 rings (SSSR count). The van der Waals surface area contributed by atoms with E-state index < -0.39 is 6.10 Å². The molecule has 1 aromatic heterocycles. The van der Waals surface area contributed by atoms with Gasteiger partial charge in [0.2, 0.25) is 0 Å². The van der Waals surface area contributed by atoms with Crippen LogP contribution in [0.4, 0.5) is 0 Å². The van der Waals surface area contributed by atoms with Crippen molar-refractivity contribution in [1.82, 2.24) is 0 Å². The summed E-state index contributed by atoms with van der Waals surface area (Å²) in [5.41, 5.74) is 1.13. The predicted octanol–water partition coefficient (Wildman–Crippen LogP) is 7.35. The predicted molar refractivity (Wildman–Crippen MR) is 124 cm³/mol. The number of thiophene rings is 1. The summed E-state index contributed by atoms with van der Waals surface area (Å²) in [7, 11) is 0. The van der Waals surface area contributed by atoms with Crippen molar-refractivity contribution in [1.29, 1.82) is 0 Å². The van der Waals surface area contributed by atoms with Gasteiger partial charge in [0.05, 0.1) is 11.0 Å². The lowest BCUT2D eigenvalue weighted by Crippen LogP contribution is -2.07. The third-order valence-corrected chi connectivity index (χ3v) is 6.54. The van der Waals surface area contributed by atoms with E-state index in [0.29, 0.717) is 6.61 Å². The van der Waals surface area contributed by atoms with Gasteiger partial charge in [-0.15, -0.1) is 11.3 Å². The molecule has 0 radical (unpaired) electrons. The third kappa shape index (κ3) is 4.50. The molecule has 3 nitrogen and oxygen atoms in total. The van der Waals surface area contributed by atoms with Crippen LogP contribution in [0.5, 0.6) is 17.2 Å². The first-order chi connectivity index (χ1) is 14.7. The maximum atomic E-state index is 10.9. The summed E-state index contributed by atoms with van der Waals surface area (Å²) in [5, 5.41) is 11.9. The number of benzene rings is 3. The van der Waals surface area contributed by atoms with Gasteiger partial charge < -0.3 is 14.6 Å². The molecule has 0 saturated carbocycles. The lowest BCUT2D eigenvalue weighted by molar-refractivity contribution is 0.117. The average Bonchev–Trinajstić information content (AvgIpc) is 3.16. The van der Waals surface area contributed by atoms with E-state index in [0.717, 1.165) is 44.2 Å². The minimum Gasteiger partial charge on any atom is -0.489 e. The molecule has 0 spiro atoms. The van der Waals surface area contributed by atoms with Crippen molar-refractivity contribution in [3.8, 4) is 17.2 Å². The molecule has 0 aliphatic heterocycles. The Bertz CT molecular complexity index is 1090. The average molecular weight is 419 g/mol. The van der Waals surface area contributed by atoms with E-state index in [2.05, 4.69) is 19.9 Å². The standard InChI is InChI=1S/C26H26O3S/c1-3-18(2)24(27)26-25(22-11-7-8-12-23(22)30-26)29-21-15-13-20(14-16-21)28-17-19-9-5-4-6-10-19/h4-16,18,24,27H,3,17H2,1-2H3. The van der Waals surface area contributed by atoms with Crippen molar-refractivity contribution in [2.75, 3.05) is 0 Å². The van der Waals surface area contributed by atoms with Gasteiger partial charge in [0.1, 0.15) is 18.1 Å². The Balaban J connectivity index is 1.55. The highest BCUT2D eigenvalue weighted by Gasteiger charge is 2.24. The van der Waals surface area contributed by atoms with Gasteiger partial charge in [-0.1, -0.05) is 62.7 Å². The Hall–Kier alpha value is -2.82. The molecule has 0 amide bonds. The summed E-state index contributed by atoms with van der Waals surface area (Å²) in [6.45, 7) is 4.69. The molecule has 3 aromatic carbocycles. The first kappa shape index (κ1) is 20.5. The van der Waals surface area contributed by atoms with Crippen molar-refractivity contribution in [3.63, 3.8) is 0 Å². The van der Waals surface area contributed by atoms with Crippen molar-refractivity contribution in [2.24, 2.45) is 5.92 Å². The third-order valence-electron chi connectivity index (χ3n) is 5.32. The molecule has 0 aliphatic carbocycles. The molecule has 0 saturated heterocycles. The summed E-state index contributed by atoms with van der Waals surface area (Å²) in [6, 6.07) is 25.9. The molecule has 4 aromatic rings. The maximum Gasteiger partial charge on any atom is 0.151 e. The largest absolute Gasteiger partial charge is 0.489 e. The quantitative estimate of drug-likeness (QED) is 0.325. The van der Waals surface area contributed by atoms with Crippen LogP contribution in [0, 0.1) is 5.92 Å². The molecule has 1 N–H and O–H groups in total. The fraction of sp³-hybridized carbons (Fsp3) is 0.231. The van der Waals surface area contributed by atoms with Gasteiger partial charge in [-0.3, -0.25) is 0 Å². The molecule has 4 heteroatoms. The number of aliphatic hydroxyl groups excluding tert-OH is 1. The van der Waals surface area contributed by atoms with Gasteiger partial charge >= 0.3 is 0 Å². The molecule has 0 fully saturated rings. The Kier molecular flexibility index (Phi) is 6.36. The van der Waals surface area contributed by atoms with E-state index >= 15 is 0 Å². The van der Waals surface area contributed by atoms with Crippen molar-refractivity contribution in [3.05, 3.63) is 89.3 Å². The van der Waals surface area contributed by atoms with Crippen LogP contribution in [-0.4, -0.2) is 5.11 Å². The fourth-order valence-electron chi connectivity index (χ4n) is 3.29. The first-order valence-corrected chi connectivity index (χ1v) is 11.1. The Labute approximate surface area is 181 Å². The highest BCUT2D eigenvalue weighted by Crippen LogP contribution is 2.45. The Morgan fingerprint density at radius 3 is 2.27 bits per heavy atom. The molecular weight excluding hydrogens is 392 g/mol. The molecule has 0 aliphatic rings. The molecule has 154 valence electrons. The summed E-state index contributed by atoms with van der Waals surface area (Å²) < 4.78 is 13.3. The maximum absolute atomic E-state index is 10.9. The van der Waals surface area contributed by atoms with Gasteiger partial charge in [-0.2, -0.15) is 0 Å². The van der Waals surface area contributed by atoms with Crippen LogP contribution >= 0.6 is 11.3 Å². The summed E-state index contributed by atoms with van der Waals surface area (Å²) in [4.78, 5) is 0.884. The smallest absolute Gasteiger partial charge is 0.151 e. The van der Waals surface area contributed by atoms with Gasteiger partial charge in [-0.05, 0) is 47.9 Å². The molecule has 2 atom stereocenters. The van der Waals surface area contributed by atoms with Gasteiger partial charge in [0.25, 0.3) is 0 Å². The van der Waals surface area contributed by atoms with Crippen molar-refractivity contribution < 1.29 is 14.6 Å². The van der Waals surface area contributed by atoms with Crippen molar-refractivity contribution >= 4 is 21.4 Å². The number of rotatable bonds is 8. The number of ether oxygens (including phenoxy) is 2. The molecule has 30 heavy (non-hydrogen) atoms. The van der Waals surface area contributed by atoms with Crippen molar-refractivity contribution in [2.45, 2.75) is 33.0 Å². The molecule has 2 unspecified atom stereocenters. The van der Waals surface area contributed by atoms with Crippen LogP contribution in [0.25, 0.3) is 10.1 Å². The molecule has 1 heterocycles. The molecular formula is C26H26O3S. The van der Waals surface area contributed by atoms with Crippen LogP contribution in [0.3, 0.4) is 0 Å². The van der Waals surface area contributed by atoms with Crippen LogP contribution in [0.1, 0.15) is 36.8 Å². The first-order valence-electron chi connectivity index (χ1n) is 10.3. The van der Waals surface area contributed by atoms with E-state index in [-0.39, 0.29) is 5.92 Å². The van der Waals surface area contributed by atoms with Gasteiger partial charge in [0.15, 0.2) is 5.75 Å². The highest BCUT2D eigenvalue weighted by molar-refractivity contribution is 7.19. The Morgan fingerprint density at radius 1 is 0.867 bits per heavy atom. The summed E-state index contributed by atoms with van der Waals surface area (Å²) in [6.07, 6.45) is 0.360. The summed E-state index contributed by atoms with van der Waals surface area (Å²) >= 11 is 1.60. The van der Waals surface area contributed by atoms with Gasteiger partial charge in [-0.25, -0.2) is 0 Å². The fourth-order valence-corrected chi connectivity index (χ4v) is 4.54. The zero-order valence-corrected chi connectivity index (χ0v) is 18.1. The highest BCUT2D eigenvalue weighted by atomic mass is 32.1. The number of hydrogen-bond donors (Lipinski definition) is 1. The minimum absolute atomic E-state index is 0.161. The van der Waals surface area contributed by atoms with Gasteiger partial charge in [0, 0.05) is 10.1 Å². The molecule has 0 bridgehead atoms. The minimum atomic E-state index is -0.545. The van der Waals surface area contributed by atoms with E-state index in [1.165, 1.54) is 0 Å². The second kappa shape index (κ2) is 9.33. The monoisotopic (exact) mass is 418 g/mol. The van der Waals surface area contributed by atoms with E-state index in [1.807, 2.05) is 72.8 Å². The zero-order chi connectivity index (χ0) is 20.9. The number of fused-ring (bicyclic) bond motifs is 1. The SMILES string of the molecule is CCC(C)C(O)c1sc2ccccc2c1Oc1ccc(OCc2ccccc2)cc1. The lowest BCUT2D eigenvalue weighted by atomic mass is 10.00. The summed E-state index contributed by atoms with van der Waals surface area (Å²) in [5.74, 6) is 2.43. The topological polar surface area (TPSA) is 38.7 Å². The van der Waals surface area contributed by atoms with Crippen LogP contribution in [-0.2, 0) is 6.61 Å². The zero-order valence-electron chi connectivity index (χ0n) is 17.2. The second-order valence-corrected chi connectivity index (χ2v) is 8.55. The lowest BCUT2D eigenvalue weighted by Gasteiger charge is -2.18. The number of aliphatic hydroxyl groups is 1. The van der Waals surface area contributed by atoms with Crippen LogP contribution in [0.2, 0.25) is 0 Å². The Morgan fingerprint density at radius 2 is 1.53 bits per heavy atom. The van der Waals surface area contributed by atoms with E-state index in [9.17, 15) is 5.11 Å².